The maximum Gasteiger partial charge on any atom is 0.312 e. The van der Waals surface area contributed by atoms with Crippen LogP contribution in [0.3, 0.4) is 0 Å². The maximum atomic E-state index is 14.2. The van der Waals surface area contributed by atoms with E-state index in [0.29, 0.717) is 42.0 Å². The molecule has 0 aromatic heterocycles. The molecule has 242 valence electrons. The third-order valence-corrected chi connectivity index (χ3v) is 15.4. The number of allylic oxidation sites excluding steroid dienone is 1. The average molecular weight is 596 g/mol. The Balaban J connectivity index is 1.21. The molecule has 0 aromatic carbocycles. The van der Waals surface area contributed by atoms with Gasteiger partial charge in [-0.2, -0.15) is 0 Å². The first-order valence-corrected chi connectivity index (χ1v) is 18.0. The van der Waals surface area contributed by atoms with Crippen molar-refractivity contribution in [2.45, 2.75) is 119 Å². The lowest BCUT2D eigenvalue weighted by Gasteiger charge is -2.72. The highest BCUT2D eigenvalue weighted by molar-refractivity contribution is 5.85. The summed E-state index contributed by atoms with van der Waals surface area (Å²) < 4.78 is 11.7. The number of esters is 1. The van der Waals surface area contributed by atoms with Gasteiger partial charge in [-0.3, -0.25) is 14.5 Å². The van der Waals surface area contributed by atoms with E-state index >= 15 is 0 Å². The van der Waals surface area contributed by atoms with Gasteiger partial charge >= 0.3 is 5.97 Å². The number of fused-ring (bicyclic) bond motifs is 7. The molecule has 0 radical (unpaired) electrons. The summed E-state index contributed by atoms with van der Waals surface area (Å²) in [6.45, 7) is 24.3. The van der Waals surface area contributed by atoms with E-state index in [2.05, 4.69) is 53.0 Å². The largest absolute Gasteiger partial charge is 0.465 e. The number of Topliss-reactive ketones (excluding diaryl/α,β-unsaturated/α-hetero) is 1. The van der Waals surface area contributed by atoms with Gasteiger partial charge in [-0.25, -0.2) is 0 Å². The summed E-state index contributed by atoms with van der Waals surface area (Å²) in [5, 5.41) is 0. The number of ketones is 1. The zero-order valence-electron chi connectivity index (χ0n) is 28.4. The summed E-state index contributed by atoms with van der Waals surface area (Å²) >= 11 is 0. The molecule has 5 heteroatoms. The van der Waals surface area contributed by atoms with Crippen molar-refractivity contribution in [2.24, 2.45) is 56.7 Å². The normalized spacial score (nSPS) is 45.8. The molecule has 0 amide bonds. The van der Waals surface area contributed by atoms with Crippen LogP contribution in [0.25, 0.3) is 0 Å². The van der Waals surface area contributed by atoms with Crippen LogP contribution in [-0.4, -0.2) is 56.1 Å². The van der Waals surface area contributed by atoms with Crippen LogP contribution in [0.4, 0.5) is 0 Å². The highest BCUT2D eigenvalue weighted by Crippen LogP contribution is 2.77. The summed E-state index contributed by atoms with van der Waals surface area (Å²) in [4.78, 5) is 29.8. The summed E-state index contributed by atoms with van der Waals surface area (Å²) in [7, 11) is 0. The van der Waals surface area contributed by atoms with E-state index in [-0.39, 0.29) is 33.0 Å². The molecular formula is C38H61NO4. The van der Waals surface area contributed by atoms with E-state index in [1.54, 1.807) is 0 Å². The van der Waals surface area contributed by atoms with Crippen LogP contribution in [0.5, 0.6) is 0 Å². The molecule has 9 atom stereocenters. The minimum atomic E-state index is -0.346. The van der Waals surface area contributed by atoms with Crippen LogP contribution in [-0.2, 0) is 19.1 Å². The summed E-state index contributed by atoms with van der Waals surface area (Å²) in [6, 6.07) is 0. The number of nitrogens with zero attached hydrogens (tertiary/aromatic N) is 1. The maximum absolute atomic E-state index is 14.2. The van der Waals surface area contributed by atoms with Gasteiger partial charge in [-0.1, -0.05) is 46.8 Å². The molecule has 5 saturated carbocycles. The Morgan fingerprint density at radius 2 is 1.65 bits per heavy atom. The van der Waals surface area contributed by atoms with E-state index in [0.717, 1.165) is 90.6 Å². The van der Waals surface area contributed by atoms with Crippen molar-refractivity contribution in [3.05, 3.63) is 12.2 Å². The minimum absolute atomic E-state index is 0.102. The third-order valence-electron chi connectivity index (χ3n) is 15.4. The zero-order valence-corrected chi connectivity index (χ0v) is 28.4. The zero-order chi connectivity index (χ0) is 30.8. The Labute approximate surface area is 262 Å². The van der Waals surface area contributed by atoms with Gasteiger partial charge in [0.1, 0.15) is 5.78 Å². The van der Waals surface area contributed by atoms with Crippen molar-refractivity contribution in [1.82, 2.24) is 4.90 Å². The fraction of sp³-hybridized carbons (Fsp3) is 0.895. The molecule has 0 bridgehead atoms. The van der Waals surface area contributed by atoms with Crippen molar-refractivity contribution in [3.63, 3.8) is 0 Å². The fourth-order valence-corrected chi connectivity index (χ4v) is 12.9. The molecule has 5 nitrogen and oxygen atoms in total. The molecule has 1 saturated heterocycles. The highest BCUT2D eigenvalue weighted by Gasteiger charge is 2.72. The van der Waals surface area contributed by atoms with Crippen molar-refractivity contribution >= 4 is 11.8 Å². The molecular weight excluding hydrogens is 534 g/mol. The lowest BCUT2D eigenvalue weighted by molar-refractivity contribution is -0.236. The quantitative estimate of drug-likeness (QED) is 0.170. The molecule has 0 unspecified atom stereocenters. The van der Waals surface area contributed by atoms with Crippen molar-refractivity contribution in [3.8, 4) is 0 Å². The Morgan fingerprint density at radius 1 is 0.907 bits per heavy atom. The standard InChI is InChI=1S/C38H61NO4/c1-26(2)27-12-17-38(33(41)43-23-9-8-20-39-21-24-42-25-22-39)19-18-36(6)28(32(27)38)10-11-30-35(5)15-14-31(40)34(3,4)29(35)13-16-37(30,36)7/h27-30,32H,1,8-25H2,2-7H3/t27-,28+,29-,30+,32+,35-,36+,37+,38-/m0/s1. The van der Waals surface area contributed by atoms with Gasteiger partial charge < -0.3 is 9.47 Å². The summed E-state index contributed by atoms with van der Waals surface area (Å²) in [5.41, 5.74) is 1.36. The highest BCUT2D eigenvalue weighted by atomic mass is 16.5. The monoisotopic (exact) mass is 595 g/mol. The molecule has 5 aliphatic carbocycles. The van der Waals surface area contributed by atoms with Gasteiger partial charge in [0.05, 0.1) is 25.2 Å². The van der Waals surface area contributed by atoms with Gasteiger partial charge in [0.2, 0.25) is 0 Å². The smallest absolute Gasteiger partial charge is 0.312 e. The van der Waals surface area contributed by atoms with Crippen LogP contribution in [0.1, 0.15) is 119 Å². The van der Waals surface area contributed by atoms with Crippen LogP contribution >= 0.6 is 0 Å². The van der Waals surface area contributed by atoms with E-state index in [1.165, 1.54) is 24.8 Å². The Bertz CT molecular complexity index is 1110. The number of carbonyl (C=O) groups excluding carboxylic acids is 2. The molecule has 0 aromatic rings. The number of hydrogen-bond donors (Lipinski definition) is 0. The topological polar surface area (TPSA) is 55.8 Å². The first-order chi connectivity index (χ1) is 20.3. The van der Waals surface area contributed by atoms with E-state index in [1.807, 2.05) is 0 Å². The summed E-state index contributed by atoms with van der Waals surface area (Å²) in [5.74, 6) is 2.99. The number of rotatable bonds is 7. The van der Waals surface area contributed by atoms with Crippen LogP contribution in [0.15, 0.2) is 12.2 Å². The van der Waals surface area contributed by atoms with Gasteiger partial charge in [0, 0.05) is 24.9 Å². The van der Waals surface area contributed by atoms with Gasteiger partial charge in [-0.05, 0) is 130 Å². The van der Waals surface area contributed by atoms with Gasteiger partial charge in [0.25, 0.3) is 0 Å². The fourth-order valence-electron chi connectivity index (χ4n) is 12.9. The SMILES string of the molecule is C=C(C)[C@@H]1CC[C@]2(C(=O)OCCCCN3CCOCC3)CC[C@]3(C)[C@H](CC[C@@H]4[C@@]5(C)CCC(=O)C(C)(C)[C@@H]5CC[C@]43C)[C@@H]12. The van der Waals surface area contributed by atoms with E-state index in [4.69, 9.17) is 9.47 Å². The molecule has 0 N–H and O–H groups in total. The Hall–Kier alpha value is -1.20. The molecule has 1 aliphatic heterocycles. The minimum Gasteiger partial charge on any atom is -0.465 e. The molecule has 6 fully saturated rings. The summed E-state index contributed by atoms with van der Waals surface area (Å²) in [6.07, 6.45) is 12.8. The van der Waals surface area contributed by atoms with Gasteiger partial charge in [0.15, 0.2) is 0 Å². The Kier molecular flexibility index (Phi) is 8.31. The second-order valence-electron chi connectivity index (χ2n) is 17.3. The van der Waals surface area contributed by atoms with Crippen molar-refractivity contribution < 1.29 is 19.1 Å². The number of carbonyl (C=O) groups is 2. The average Bonchev–Trinajstić information content (AvgIpc) is 3.37. The predicted octanol–water partition coefficient (Wildman–Crippen LogP) is 7.87. The number of morpholine rings is 1. The lowest BCUT2D eigenvalue weighted by Crippen LogP contribution is -2.66. The molecule has 43 heavy (non-hydrogen) atoms. The van der Waals surface area contributed by atoms with Gasteiger partial charge in [-0.15, -0.1) is 0 Å². The third kappa shape index (κ3) is 4.74. The van der Waals surface area contributed by atoms with Crippen LogP contribution < -0.4 is 0 Å². The Morgan fingerprint density at radius 3 is 2.37 bits per heavy atom. The number of hydrogen-bond acceptors (Lipinski definition) is 5. The van der Waals surface area contributed by atoms with E-state index < -0.39 is 0 Å². The van der Waals surface area contributed by atoms with E-state index in [9.17, 15) is 9.59 Å². The lowest BCUT2D eigenvalue weighted by atomic mass is 9.32. The second kappa shape index (κ2) is 11.2. The van der Waals surface area contributed by atoms with Crippen LogP contribution in [0.2, 0.25) is 0 Å². The van der Waals surface area contributed by atoms with Crippen molar-refractivity contribution in [2.75, 3.05) is 39.5 Å². The molecule has 6 rings (SSSR count). The number of ether oxygens (including phenoxy) is 2. The first-order valence-electron chi connectivity index (χ1n) is 18.0. The van der Waals surface area contributed by atoms with Crippen molar-refractivity contribution in [1.29, 1.82) is 0 Å². The molecule has 1 heterocycles. The molecule has 0 spiro atoms. The first kappa shape index (κ1) is 31.8. The molecule has 6 aliphatic rings. The second-order valence-corrected chi connectivity index (χ2v) is 17.3. The predicted molar refractivity (Wildman–Crippen MR) is 171 cm³/mol. The number of unbranched alkanes of at least 4 members (excludes halogenated alkanes) is 1. The van der Waals surface area contributed by atoms with Crippen LogP contribution in [0, 0.1) is 56.7 Å².